The normalized spacial score (nSPS) is 13.1. The van der Waals surface area contributed by atoms with Gasteiger partial charge in [0.2, 0.25) is 0 Å². The van der Waals surface area contributed by atoms with E-state index in [-0.39, 0.29) is 35.6 Å². The molecule has 0 aliphatic carbocycles. The first-order chi connectivity index (χ1) is 12.6. The second kappa shape index (κ2) is 7.61. The van der Waals surface area contributed by atoms with Crippen LogP contribution in [0.5, 0.6) is 0 Å². The summed E-state index contributed by atoms with van der Waals surface area (Å²) in [5.41, 5.74) is -4.04. The first kappa shape index (κ1) is 22.6. The number of aryl methyl sites for hydroxylation is 3. The van der Waals surface area contributed by atoms with Crippen LogP contribution in [0.1, 0.15) is 33.4 Å². The number of rotatable bonds is 3. The number of hydrogen-bond donors (Lipinski definition) is 0. The van der Waals surface area contributed by atoms with Crippen LogP contribution in [-0.4, -0.2) is 0 Å². The molecule has 0 N–H and O–H groups in total. The molecule has 0 saturated heterocycles. The van der Waals surface area contributed by atoms with Gasteiger partial charge in [0, 0.05) is 4.47 Å². The van der Waals surface area contributed by atoms with E-state index < -0.39 is 35.2 Å². The molecular weight excluding hydrogens is 467 g/mol. The zero-order chi connectivity index (χ0) is 21.5. The quantitative estimate of drug-likeness (QED) is 0.398. The minimum absolute atomic E-state index is 0.00700. The van der Waals surface area contributed by atoms with E-state index in [0.29, 0.717) is 16.6 Å². The molecule has 0 heterocycles. The summed E-state index contributed by atoms with van der Waals surface area (Å²) in [6.07, 6.45) is -15.1. The Hall–Kier alpha value is -1.71. The van der Waals surface area contributed by atoms with Gasteiger partial charge in [0.15, 0.2) is 0 Å². The molecule has 0 bridgehead atoms. The highest BCUT2D eigenvalue weighted by atomic mass is 79.9. The molecule has 0 nitrogen and oxygen atoms in total. The van der Waals surface area contributed by atoms with Gasteiger partial charge in [0.25, 0.3) is 0 Å². The monoisotopic (exact) mass is 478 g/mol. The van der Waals surface area contributed by atoms with Crippen molar-refractivity contribution >= 4 is 15.9 Å². The molecule has 2 aromatic carbocycles. The van der Waals surface area contributed by atoms with Crippen molar-refractivity contribution in [3.63, 3.8) is 0 Å². The van der Waals surface area contributed by atoms with Gasteiger partial charge in [-0.3, -0.25) is 0 Å². The summed E-state index contributed by atoms with van der Waals surface area (Å²) in [6, 6.07) is 3.21. The molecule has 0 unspecified atom stereocenters. The van der Waals surface area contributed by atoms with Gasteiger partial charge in [-0.05, 0) is 66.8 Å². The highest BCUT2D eigenvalue weighted by Gasteiger charge is 2.37. The molecule has 154 valence electrons. The molecular formula is C18H12BrF9. The molecule has 28 heavy (non-hydrogen) atoms. The van der Waals surface area contributed by atoms with Crippen molar-refractivity contribution in [2.75, 3.05) is 0 Å². The summed E-state index contributed by atoms with van der Waals surface area (Å²) in [6.45, 7) is 1.25. The SMILES string of the molecule is Cc1cc(Br)c(CCc2cc(C(F)(F)F)cc(C(F)(F)F)c2)cc1C(F)(F)F. The van der Waals surface area contributed by atoms with Gasteiger partial charge < -0.3 is 0 Å². The zero-order valence-electron chi connectivity index (χ0n) is 14.1. The van der Waals surface area contributed by atoms with Gasteiger partial charge in [0.05, 0.1) is 16.7 Å². The average Bonchev–Trinajstić information content (AvgIpc) is 2.50. The molecule has 0 saturated carbocycles. The Bertz CT molecular complexity index is 829. The van der Waals surface area contributed by atoms with Crippen molar-refractivity contribution in [3.05, 3.63) is 68.2 Å². The lowest BCUT2D eigenvalue weighted by atomic mass is 9.97. The van der Waals surface area contributed by atoms with Crippen LogP contribution in [0, 0.1) is 6.92 Å². The standard InChI is InChI=1S/C18H12BrF9/c1-9-4-15(19)11(7-14(9)18(26,27)28)3-2-10-5-12(16(20,21)22)8-13(6-10)17(23,24)25/h4-8H,2-3H2,1H3. The van der Waals surface area contributed by atoms with E-state index in [9.17, 15) is 39.5 Å². The summed E-state index contributed by atoms with van der Waals surface area (Å²) in [5, 5.41) is 0. The largest absolute Gasteiger partial charge is 0.416 e. The van der Waals surface area contributed by atoms with Crippen molar-refractivity contribution in [2.45, 2.75) is 38.3 Å². The van der Waals surface area contributed by atoms with Crippen molar-refractivity contribution in [1.29, 1.82) is 0 Å². The van der Waals surface area contributed by atoms with Crippen LogP contribution < -0.4 is 0 Å². The van der Waals surface area contributed by atoms with E-state index >= 15 is 0 Å². The van der Waals surface area contributed by atoms with Gasteiger partial charge in [-0.15, -0.1) is 0 Å². The Labute approximate surface area is 162 Å². The summed E-state index contributed by atoms with van der Waals surface area (Å²) < 4.78 is 117. The third-order valence-electron chi connectivity index (χ3n) is 4.03. The Morgan fingerprint density at radius 1 is 0.679 bits per heavy atom. The van der Waals surface area contributed by atoms with Crippen molar-refractivity contribution in [1.82, 2.24) is 0 Å². The van der Waals surface area contributed by atoms with E-state index in [1.807, 2.05) is 0 Å². The lowest BCUT2D eigenvalue weighted by Crippen LogP contribution is -2.12. The predicted octanol–water partition coefficient (Wildman–Crippen LogP) is 7.60. The van der Waals surface area contributed by atoms with Crippen molar-refractivity contribution < 1.29 is 39.5 Å². The fourth-order valence-corrected chi connectivity index (χ4v) is 3.31. The van der Waals surface area contributed by atoms with Crippen LogP contribution in [0.15, 0.2) is 34.8 Å². The number of benzene rings is 2. The van der Waals surface area contributed by atoms with Crippen LogP contribution in [0.3, 0.4) is 0 Å². The topological polar surface area (TPSA) is 0 Å². The van der Waals surface area contributed by atoms with Gasteiger partial charge in [0.1, 0.15) is 0 Å². The molecule has 0 amide bonds. The Morgan fingerprint density at radius 2 is 1.18 bits per heavy atom. The maximum atomic E-state index is 13.0. The third kappa shape index (κ3) is 5.42. The maximum Gasteiger partial charge on any atom is 0.416 e. The molecule has 0 radical (unpaired) electrons. The summed E-state index contributed by atoms with van der Waals surface area (Å²) in [5.74, 6) is 0. The fraction of sp³-hybridized carbons (Fsp3) is 0.333. The van der Waals surface area contributed by atoms with E-state index in [4.69, 9.17) is 0 Å². The summed E-state index contributed by atoms with van der Waals surface area (Å²) >= 11 is 3.09. The second-order valence-corrected chi connectivity index (χ2v) is 7.02. The Kier molecular flexibility index (Phi) is 6.13. The third-order valence-corrected chi connectivity index (χ3v) is 4.77. The van der Waals surface area contributed by atoms with Crippen LogP contribution in [-0.2, 0) is 31.4 Å². The van der Waals surface area contributed by atoms with E-state index in [1.165, 1.54) is 13.0 Å². The lowest BCUT2D eigenvalue weighted by molar-refractivity contribution is -0.143. The molecule has 10 heteroatoms. The Morgan fingerprint density at radius 3 is 1.61 bits per heavy atom. The summed E-state index contributed by atoms with van der Waals surface area (Å²) in [7, 11) is 0. The average molecular weight is 479 g/mol. The van der Waals surface area contributed by atoms with Gasteiger partial charge in [-0.25, -0.2) is 0 Å². The molecule has 0 aliphatic rings. The number of hydrogen-bond acceptors (Lipinski definition) is 0. The van der Waals surface area contributed by atoms with E-state index in [0.717, 1.165) is 6.07 Å². The lowest BCUT2D eigenvalue weighted by Gasteiger charge is -2.16. The van der Waals surface area contributed by atoms with Crippen LogP contribution in [0.2, 0.25) is 0 Å². The smallest absolute Gasteiger partial charge is 0.166 e. The molecule has 2 rings (SSSR count). The number of alkyl halides is 9. The van der Waals surface area contributed by atoms with Crippen LogP contribution >= 0.6 is 15.9 Å². The van der Waals surface area contributed by atoms with Crippen LogP contribution in [0.4, 0.5) is 39.5 Å². The summed E-state index contributed by atoms with van der Waals surface area (Å²) in [4.78, 5) is 0. The van der Waals surface area contributed by atoms with Gasteiger partial charge in [-0.1, -0.05) is 15.9 Å². The highest BCUT2D eigenvalue weighted by Crippen LogP contribution is 2.38. The maximum absolute atomic E-state index is 13.0. The minimum Gasteiger partial charge on any atom is -0.166 e. The molecule has 0 atom stereocenters. The van der Waals surface area contributed by atoms with Crippen molar-refractivity contribution in [3.8, 4) is 0 Å². The molecule has 2 aromatic rings. The minimum atomic E-state index is -4.98. The molecule has 0 spiro atoms. The first-order valence-corrected chi connectivity index (χ1v) is 8.53. The van der Waals surface area contributed by atoms with E-state index in [2.05, 4.69) is 15.9 Å². The predicted molar refractivity (Wildman–Crippen MR) is 87.7 cm³/mol. The first-order valence-electron chi connectivity index (χ1n) is 7.73. The van der Waals surface area contributed by atoms with E-state index in [1.54, 1.807) is 0 Å². The highest BCUT2D eigenvalue weighted by molar-refractivity contribution is 9.10. The molecule has 0 fully saturated rings. The van der Waals surface area contributed by atoms with Crippen LogP contribution in [0.25, 0.3) is 0 Å². The van der Waals surface area contributed by atoms with Gasteiger partial charge in [-0.2, -0.15) is 39.5 Å². The zero-order valence-corrected chi connectivity index (χ0v) is 15.7. The van der Waals surface area contributed by atoms with Crippen molar-refractivity contribution in [2.24, 2.45) is 0 Å². The molecule has 0 aromatic heterocycles. The molecule has 0 aliphatic heterocycles. The Balaban J connectivity index is 2.39. The second-order valence-electron chi connectivity index (χ2n) is 6.17. The fourth-order valence-electron chi connectivity index (χ4n) is 2.66. The number of halogens is 10. The van der Waals surface area contributed by atoms with Gasteiger partial charge >= 0.3 is 18.5 Å².